The number of carbonyl (C=O) groups excluding carboxylic acids is 1. The average molecular weight is 260 g/mol. The van der Waals surface area contributed by atoms with Crippen LogP contribution in [0.1, 0.15) is 12.0 Å². The third-order valence-electron chi connectivity index (χ3n) is 2.66. The van der Waals surface area contributed by atoms with Crippen molar-refractivity contribution in [1.29, 1.82) is 0 Å². The molecule has 0 bridgehead atoms. The second-order valence-electron chi connectivity index (χ2n) is 4.13. The van der Waals surface area contributed by atoms with E-state index in [9.17, 15) is 4.79 Å². The maximum atomic E-state index is 11.6. The molecule has 0 radical (unpaired) electrons. The smallest absolute Gasteiger partial charge is 0.241 e. The molecule has 2 aromatic rings. The molecule has 0 atom stereocenters. The minimum absolute atomic E-state index is 0.0458. The molecule has 2 rings (SSSR count). The molecule has 0 unspecified atom stereocenters. The Morgan fingerprint density at radius 2 is 2.11 bits per heavy atom. The van der Waals surface area contributed by atoms with Crippen molar-refractivity contribution in [1.82, 2.24) is 25.5 Å². The van der Waals surface area contributed by atoms with Crippen molar-refractivity contribution in [3.8, 4) is 0 Å². The molecule has 1 heterocycles. The summed E-state index contributed by atoms with van der Waals surface area (Å²) in [4.78, 5) is 11.6. The van der Waals surface area contributed by atoms with Crippen LogP contribution in [0.4, 0.5) is 5.95 Å². The summed E-state index contributed by atoms with van der Waals surface area (Å²) in [5.41, 5.74) is 6.73. The predicted molar refractivity (Wildman–Crippen MR) is 70.0 cm³/mol. The number of nitrogens with two attached hydrogens (primary N) is 1. The maximum Gasteiger partial charge on any atom is 0.241 e. The van der Waals surface area contributed by atoms with Gasteiger partial charge in [0.25, 0.3) is 0 Å². The number of benzene rings is 1. The van der Waals surface area contributed by atoms with E-state index in [1.165, 1.54) is 10.2 Å². The summed E-state index contributed by atoms with van der Waals surface area (Å²) in [6, 6.07) is 10.2. The first-order valence-electron chi connectivity index (χ1n) is 6.08. The van der Waals surface area contributed by atoms with Crippen LogP contribution in [0, 0.1) is 0 Å². The summed E-state index contributed by atoms with van der Waals surface area (Å²) in [5, 5.41) is 13.3. The van der Waals surface area contributed by atoms with Gasteiger partial charge in [-0.1, -0.05) is 35.4 Å². The molecule has 0 saturated carbocycles. The van der Waals surface area contributed by atoms with Gasteiger partial charge >= 0.3 is 0 Å². The van der Waals surface area contributed by atoms with E-state index in [1.54, 1.807) is 0 Å². The van der Waals surface area contributed by atoms with Gasteiger partial charge in [0, 0.05) is 6.54 Å². The van der Waals surface area contributed by atoms with E-state index >= 15 is 0 Å². The third-order valence-corrected chi connectivity index (χ3v) is 2.66. The van der Waals surface area contributed by atoms with Gasteiger partial charge in [-0.2, -0.15) is 0 Å². The van der Waals surface area contributed by atoms with Crippen LogP contribution >= 0.6 is 0 Å². The zero-order valence-corrected chi connectivity index (χ0v) is 10.5. The Labute approximate surface area is 110 Å². The number of nitrogens with one attached hydrogen (secondary N) is 1. The Balaban J connectivity index is 1.66. The molecule has 1 aromatic carbocycles. The zero-order chi connectivity index (χ0) is 13.5. The standard InChI is InChI=1S/C12H16N6O/c13-12-15-16-17-18(12)9-11(19)14-8-4-7-10-5-2-1-3-6-10/h1-3,5-6H,4,7-9H2,(H,14,19)(H2,13,15,17). The quantitative estimate of drug-likeness (QED) is 0.712. The van der Waals surface area contributed by atoms with Crippen LogP contribution in [0.15, 0.2) is 30.3 Å². The van der Waals surface area contributed by atoms with Gasteiger partial charge in [-0.25, -0.2) is 4.68 Å². The van der Waals surface area contributed by atoms with E-state index < -0.39 is 0 Å². The normalized spacial score (nSPS) is 10.3. The molecule has 0 saturated heterocycles. The first kappa shape index (κ1) is 13.0. The highest BCUT2D eigenvalue weighted by atomic mass is 16.2. The van der Waals surface area contributed by atoms with Crippen molar-refractivity contribution in [2.45, 2.75) is 19.4 Å². The average Bonchev–Trinajstić information content (AvgIpc) is 2.82. The van der Waals surface area contributed by atoms with Crippen LogP contribution in [0.3, 0.4) is 0 Å². The van der Waals surface area contributed by atoms with E-state index in [0.717, 1.165) is 12.8 Å². The molecule has 100 valence electrons. The van der Waals surface area contributed by atoms with Crippen LogP contribution < -0.4 is 11.1 Å². The minimum Gasteiger partial charge on any atom is -0.367 e. The number of aryl methyl sites for hydroxylation is 1. The molecule has 0 aliphatic heterocycles. The number of nitrogen functional groups attached to an aromatic ring is 1. The van der Waals surface area contributed by atoms with Gasteiger partial charge in [-0.15, -0.1) is 0 Å². The van der Waals surface area contributed by atoms with Gasteiger partial charge in [0.15, 0.2) is 0 Å². The summed E-state index contributed by atoms with van der Waals surface area (Å²) in [6.07, 6.45) is 1.83. The molecule has 0 spiro atoms. The fourth-order valence-corrected chi connectivity index (χ4v) is 1.68. The van der Waals surface area contributed by atoms with E-state index in [2.05, 4.69) is 33.0 Å². The first-order valence-corrected chi connectivity index (χ1v) is 6.08. The monoisotopic (exact) mass is 260 g/mol. The number of hydrogen-bond donors (Lipinski definition) is 2. The van der Waals surface area contributed by atoms with Crippen molar-refractivity contribution in [3.63, 3.8) is 0 Å². The number of amides is 1. The number of tetrazole rings is 1. The predicted octanol–water partition coefficient (Wildman–Crippen LogP) is 0.00430. The van der Waals surface area contributed by atoms with Crippen molar-refractivity contribution in [2.75, 3.05) is 12.3 Å². The molecular formula is C12H16N6O. The summed E-state index contributed by atoms with van der Waals surface area (Å²) < 4.78 is 1.26. The number of nitrogens with zero attached hydrogens (tertiary/aromatic N) is 4. The van der Waals surface area contributed by atoms with Gasteiger partial charge in [-0.3, -0.25) is 4.79 Å². The zero-order valence-electron chi connectivity index (χ0n) is 10.5. The van der Waals surface area contributed by atoms with Crippen LogP contribution in [-0.4, -0.2) is 32.7 Å². The molecule has 0 aliphatic rings. The maximum absolute atomic E-state index is 11.6. The van der Waals surface area contributed by atoms with Crippen LogP contribution in [0.25, 0.3) is 0 Å². The van der Waals surface area contributed by atoms with Crippen molar-refractivity contribution in [3.05, 3.63) is 35.9 Å². The highest BCUT2D eigenvalue weighted by molar-refractivity contribution is 5.75. The second-order valence-corrected chi connectivity index (χ2v) is 4.13. The Morgan fingerprint density at radius 1 is 1.32 bits per heavy atom. The lowest BCUT2D eigenvalue weighted by Crippen LogP contribution is -2.29. The number of hydrogen-bond acceptors (Lipinski definition) is 5. The Hall–Kier alpha value is -2.44. The molecule has 7 heteroatoms. The lowest BCUT2D eigenvalue weighted by atomic mass is 10.1. The largest absolute Gasteiger partial charge is 0.367 e. The number of anilines is 1. The molecule has 3 N–H and O–H groups in total. The topological polar surface area (TPSA) is 98.7 Å². The summed E-state index contributed by atoms with van der Waals surface area (Å²) in [7, 11) is 0. The molecule has 1 aromatic heterocycles. The van der Waals surface area contributed by atoms with Crippen LogP contribution in [0.2, 0.25) is 0 Å². The fourth-order valence-electron chi connectivity index (χ4n) is 1.68. The highest BCUT2D eigenvalue weighted by Gasteiger charge is 2.06. The van der Waals surface area contributed by atoms with Gasteiger partial charge in [0.2, 0.25) is 11.9 Å². The molecule has 19 heavy (non-hydrogen) atoms. The summed E-state index contributed by atoms with van der Waals surface area (Å²) in [5.74, 6) is -0.00787. The fraction of sp³-hybridized carbons (Fsp3) is 0.333. The molecule has 0 aliphatic carbocycles. The number of rotatable bonds is 6. The Morgan fingerprint density at radius 3 is 2.79 bits per heavy atom. The lowest BCUT2D eigenvalue weighted by molar-refractivity contribution is -0.121. The molecular weight excluding hydrogens is 244 g/mol. The molecule has 1 amide bonds. The van der Waals surface area contributed by atoms with Gasteiger partial charge < -0.3 is 11.1 Å². The van der Waals surface area contributed by atoms with E-state index in [-0.39, 0.29) is 18.4 Å². The SMILES string of the molecule is Nc1nnnn1CC(=O)NCCCc1ccccc1. The highest BCUT2D eigenvalue weighted by Crippen LogP contribution is 2.01. The van der Waals surface area contributed by atoms with E-state index in [0.29, 0.717) is 6.54 Å². The number of aromatic nitrogens is 4. The van der Waals surface area contributed by atoms with Crippen LogP contribution in [-0.2, 0) is 17.8 Å². The van der Waals surface area contributed by atoms with Crippen molar-refractivity contribution in [2.24, 2.45) is 0 Å². The Bertz CT molecular complexity index is 524. The summed E-state index contributed by atoms with van der Waals surface area (Å²) >= 11 is 0. The molecule has 7 nitrogen and oxygen atoms in total. The minimum atomic E-state index is -0.146. The molecule has 0 fully saturated rings. The van der Waals surface area contributed by atoms with Crippen molar-refractivity contribution < 1.29 is 4.79 Å². The number of carbonyl (C=O) groups is 1. The first-order chi connectivity index (χ1) is 9.25. The second kappa shape index (κ2) is 6.48. The van der Waals surface area contributed by atoms with E-state index in [4.69, 9.17) is 5.73 Å². The summed E-state index contributed by atoms with van der Waals surface area (Å²) in [6.45, 7) is 0.667. The van der Waals surface area contributed by atoms with Gasteiger partial charge in [-0.05, 0) is 28.8 Å². The third kappa shape index (κ3) is 4.06. The van der Waals surface area contributed by atoms with Gasteiger partial charge in [0.05, 0.1) is 0 Å². The van der Waals surface area contributed by atoms with Crippen molar-refractivity contribution >= 4 is 11.9 Å². The Kier molecular flexibility index (Phi) is 4.44. The van der Waals surface area contributed by atoms with Gasteiger partial charge in [0.1, 0.15) is 6.54 Å². The lowest BCUT2D eigenvalue weighted by Gasteiger charge is -2.05. The van der Waals surface area contributed by atoms with E-state index in [1.807, 2.05) is 18.2 Å². The van der Waals surface area contributed by atoms with Crippen LogP contribution in [0.5, 0.6) is 0 Å².